The molecule has 12 aromatic rings. The lowest BCUT2D eigenvalue weighted by atomic mass is 9.91. The second-order valence-corrected chi connectivity index (χ2v) is 15.7. The first-order chi connectivity index (χ1) is 27.7. The van der Waals surface area contributed by atoms with Crippen LogP contribution < -0.4 is 0 Å². The van der Waals surface area contributed by atoms with Crippen molar-refractivity contribution in [1.82, 2.24) is 4.57 Å². The van der Waals surface area contributed by atoms with Crippen molar-refractivity contribution in [2.75, 3.05) is 0 Å². The Morgan fingerprint density at radius 3 is 1.79 bits per heavy atom. The Kier molecular flexibility index (Phi) is 6.65. The molecule has 56 heavy (non-hydrogen) atoms. The van der Waals surface area contributed by atoms with E-state index in [-0.39, 0.29) is 0 Å². The lowest BCUT2D eigenvalue weighted by Gasteiger charge is -2.13. The Bertz CT molecular complexity index is 3640. The molecule has 0 fully saturated rings. The van der Waals surface area contributed by atoms with Crippen molar-refractivity contribution in [3.8, 4) is 0 Å². The van der Waals surface area contributed by atoms with Crippen LogP contribution in [0.3, 0.4) is 0 Å². The number of nitrogens with one attached hydrogen (secondary N) is 1. The SMILES string of the molecule is N=C(c1ccc2sc3ccccc3c2c1)c1ccc2ccccc2c1/N=C/n1c2ccc3ccccc3c2c2c3c4ccccc4c4ccccc4c3ccc21. The molecule has 0 unspecified atom stereocenters. The van der Waals surface area contributed by atoms with Crippen molar-refractivity contribution in [1.29, 1.82) is 5.41 Å². The van der Waals surface area contributed by atoms with Crippen LogP contribution in [0.25, 0.3) is 95.8 Å². The lowest BCUT2D eigenvalue weighted by molar-refractivity contribution is 1.31. The van der Waals surface area contributed by atoms with E-state index in [1.165, 1.54) is 74.0 Å². The average molecular weight is 730 g/mol. The van der Waals surface area contributed by atoms with Crippen LogP contribution in [0, 0.1) is 5.41 Å². The summed E-state index contributed by atoms with van der Waals surface area (Å²) in [5.74, 6) is 0. The minimum Gasteiger partial charge on any atom is -0.300 e. The topological polar surface area (TPSA) is 41.1 Å². The molecule has 0 saturated heterocycles. The van der Waals surface area contributed by atoms with Crippen LogP contribution in [-0.2, 0) is 0 Å². The molecule has 2 aromatic heterocycles. The van der Waals surface area contributed by atoms with Gasteiger partial charge in [0.15, 0.2) is 0 Å². The summed E-state index contributed by atoms with van der Waals surface area (Å²) in [7, 11) is 0. The second-order valence-electron chi connectivity index (χ2n) is 14.6. The van der Waals surface area contributed by atoms with Gasteiger partial charge >= 0.3 is 0 Å². The lowest BCUT2D eigenvalue weighted by Crippen LogP contribution is -2.03. The molecular weight excluding hydrogens is 699 g/mol. The van der Waals surface area contributed by atoms with Crippen LogP contribution in [0.15, 0.2) is 181 Å². The summed E-state index contributed by atoms with van der Waals surface area (Å²) in [4.78, 5) is 5.40. The molecule has 2 heterocycles. The third-order valence-corrected chi connectivity index (χ3v) is 12.9. The number of hydrogen-bond acceptors (Lipinski definition) is 3. The number of fused-ring (bicyclic) bond motifs is 16. The first-order valence-corrected chi connectivity index (χ1v) is 19.8. The predicted octanol–water partition coefficient (Wildman–Crippen LogP) is 14.6. The van der Waals surface area contributed by atoms with E-state index in [2.05, 4.69) is 180 Å². The van der Waals surface area contributed by atoms with Crippen LogP contribution in [0.1, 0.15) is 11.1 Å². The maximum Gasteiger partial charge on any atom is 0.100 e. The molecule has 10 aromatic carbocycles. The highest BCUT2D eigenvalue weighted by Gasteiger charge is 2.20. The quantitative estimate of drug-likeness (QED) is 0.106. The highest BCUT2D eigenvalue weighted by Crippen LogP contribution is 2.44. The Morgan fingerprint density at radius 2 is 1.00 bits per heavy atom. The fourth-order valence-electron chi connectivity index (χ4n) is 9.16. The van der Waals surface area contributed by atoms with Crippen LogP contribution in [0.4, 0.5) is 5.69 Å². The van der Waals surface area contributed by atoms with E-state index in [0.717, 1.165) is 38.6 Å². The minimum atomic E-state index is 0.456. The second kappa shape index (κ2) is 11.9. The van der Waals surface area contributed by atoms with Gasteiger partial charge in [-0.05, 0) is 79.5 Å². The van der Waals surface area contributed by atoms with Crippen LogP contribution in [0.2, 0.25) is 0 Å². The average Bonchev–Trinajstić information content (AvgIpc) is 3.80. The van der Waals surface area contributed by atoms with Crippen LogP contribution >= 0.6 is 11.3 Å². The largest absolute Gasteiger partial charge is 0.300 e. The zero-order chi connectivity index (χ0) is 36.9. The number of hydrogen-bond donors (Lipinski definition) is 1. The number of aromatic nitrogens is 1. The van der Waals surface area contributed by atoms with Gasteiger partial charge in [-0.15, -0.1) is 11.3 Å². The predicted molar refractivity (Wildman–Crippen MR) is 242 cm³/mol. The van der Waals surface area contributed by atoms with Crippen molar-refractivity contribution in [3.63, 3.8) is 0 Å². The summed E-state index contributed by atoms with van der Waals surface area (Å²) in [6.07, 6.45) is 1.99. The number of benzene rings is 10. The smallest absolute Gasteiger partial charge is 0.100 e. The van der Waals surface area contributed by atoms with Gasteiger partial charge in [-0.3, -0.25) is 9.98 Å². The van der Waals surface area contributed by atoms with E-state index in [0.29, 0.717) is 5.71 Å². The van der Waals surface area contributed by atoms with Gasteiger partial charge in [0, 0.05) is 52.8 Å². The number of thiophene rings is 1. The van der Waals surface area contributed by atoms with E-state index in [1.807, 2.05) is 6.34 Å². The summed E-state index contributed by atoms with van der Waals surface area (Å²) < 4.78 is 4.75. The van der Waals surface area contributed by atoms with Crippen molar-refractivity contribution in [2.45, 2.75) is 0 Å². The normalized spacial score (nSPS) is 12.3. The summed E-state index contributed by atoms with van der Waals surface area (Å²) in [5.41, 5.74) is 5.11. The monoisotopic (exact) mass is 729 g/mol. The molecule has 4 heteroatoms. The molecule has 0 aliphatic heterocycles. The van der Waals surface area contributed by atoms with E-state index in [4.69, 9.17) is 4.99 Å². The Balaban J connectivity index is 1.14. The maximum atomic E-state index is 9.68. The minimum absolute atomic E-state index is 0.456. The molecule has 0 saturated carbocycles. The van der Waals surface area contributed by atoms with Crippen LogP contribution in [-0.4, -0.2) is 16.6 Å². The maximum absolute atomic E-state index is 9.68. The van der Waals surface area contributed by atoms with Gasteiger partial charge in [-0.2, -0.15) is 0 Å². The molecule has 0 bridgehead atoms. The fourth-order valence-corrected chi connectivity index (χ4v) is 10.3. The number of nitrogens with zero attached hydrogens (tertiary/aromatic N) is 2. The summed E-state index contributed by atoms with van der Waals surface area (Å²) in [6.45, 7) is 0. The molecule has 260 valence electrons. The molecule has 0 atom stereocenters. The summed E-state index contributed by atoms with van der Waals surface area (Å²) in [5, 5.41) is 26.6. The number of aliphatic imine (C=N–C) groups is 1. The van der Waals surface area contributed by atoms with E-state index < -0.39 is 0 Å². The third-order valence-electron chi connectivity index (χ3n) is 11.7. The van der Waals surface area contributed by atoms with Crippen molar-refractivity contribution < 1.29 is 0 Å². The van der Waals surface area contributed by atoms with Gasteiger partial charge in [-0.1, -0.05) is 140 Å². The van der Waals surface area contributed by atoms with Gasteiger partial charge in [0.1, 0.15) is 6.34 Å². The first-order valence-electron chi connectivity index (χ1n) is 19.0. The third kappa shape index (κ3) is 4.45. The molecule has 0 spiro atoms. The van der Waals surface area contributed by atoms with Crippen molar-refractivity contribution in [2.24, 2.45) is 4.99 Å². The number of rotatable bonds is 4. The highest BCUT2D eigenvalue weighted by molar-refractivity contribution is 7.25. The molecule has 0 amide bonds. The van der Waals surface area contributed by atoms with E-state index in [1.54, 1.807) is 11.3 Å². The van der Waals surface area contributed by atoms with Gasteiger partial charge in [0.25, 0.3) is 0 Å². The van der Waals surface area contributed by atoms with Gasteiger partial charge in [0.05, 0.1) is 22.4 Å². The van der Waals surface area contributed by atoms with E-state index in [9.17, 15) is 5.41 Å². The first kappa shape index (κ1) is 31.2. The van der Waals surface area contributed by atoms with Gasteiger partial charge in [0.2, 0.25) is 0 Å². The van der Waals surface area contributed by atoms with Crippen molar-refractivity contribution >= 4 is 125 Å². The molecule has 3 nitrogen and oxygen atoms in total. The zero-order valence-electron chi connectivity index (χ0n) is 30.1. The fraction of sp³-hybridized carbons (Fsp3) is 0. The Hall–Kier alpha value is -7.14. The molecule has 0 aliphatic carbocycles. The molecule has 0 radical (unpaired) electrons. The Labute approximate surface area is 325 Å². The van der Waals surface area contributed by atoms with Crippen molar-refractivity contribution in [3.05, 3.63) is 187 Å². The summed E-state index contributed by atoms with van der Waals surface area (Å²) >= 11 is 1.80. The standard InChI is InChI=1S/C52H31N3S/c53-51(33-23-28-47-43(29-33)39-18-9-10-20-46(39)56-47)42-24-21-32-12-2-4-14-35(32)52(42)54-30-55-44-26-22-31-11-1-3-13-34(31)49(44)50-45(55)27-25-41-38-17-6-5-15-36(38)37-16-7-8-19-40(37)48(41)50/h1-30,53H/b53-51?,54-30+. The van der Waals surface area contributed by atoms with Gasteiger partial charge < -0.3 is 0 Å². The highest BCUT2D eigenvalue weighted by atomic mass is 32.1. The zero-order valence-corrected chi connectivity index (χ0v) is 30.9. The molecule has 1 N–H and O–H groups in total. The molecular formula is C52H31N3S. The molecule has 0 aliphatic rings. The summed E-state index contributed by atoms with van der Waals surface area (Å²) in [6, 6.07) is 62.9. The molecule has 12 rings (SSSR count). The van der Waals surface area contributed by atoms with Gasteiger partial charge in [-0.25, -0.2) is 4.99 Å². The van der Waals surface area contributed by atoms with E-state index >= 15 is 0 Å². The van der Waals surface area contributed by atoms with Crippen LogP contribution in [0.5, 0.6) is 0 Å². The Morgan fingerprint density at radius 1 is 0.446 bits per heavy atom.